The summed E-state index contributed by atoms with van der Waals surface area (Å²) >= 11 is 7.08. The number of aryl methyl sites for hydroxylation is 2. The van der Waals surface area contributed by atoms with Crippen LogP contribution < -0.4 is 10.0 Å². The Bertz CT molecular complexity index is 1380. The van der Waals surface area contributed by atoms with Gasteiger partial charge in [0.2, 0.25) is 0 Å². The van der Waals surface area contributed by atoms with Gasteiger partial charge in [-0.25, -0.2) is 13.4 Å². The number of nitrogens with one attached hydrogen (secondary N) is 2. The summed E-state index contributed by atoms with van der Waals surface area (Å²) in [7, 11) is -3.74. The summed E-state index contributed by atoms with van der Waals surface area (Å²) in [4.78, 5) is 17.1. The lowest BCUT2D eigenvalue weighted by Crippen LogP contribution is -2.12. The van der Waals surface area contributed by atoms with Crippen molar-refractivity contribution < 1.29 is 13.2 Å². The lowest BCUT2D eigenvalue weighted by atomic mass is 10.1. The van der Waals surface area contributed by atoms with Gasteiger partial charge in [-0.3, -0.25) is 9.52 Å². The number of thiazole rings is 1. The van der Waals surface area contributed by atoms with Gasteiger partial charge >= 0.3 is 0 Å². The standard InChI is InChI=1S/C22H18ClN3O3S2/c1-13-3-9-18(10-4-13)31(28,29)26-22-25-20-14(2)11-17(12-19(20)30-22)24-21(27)15-5-7-16(23)8-6-15/h3-12H,1-2H3,(H,24,27)(H,25,26). The predicted octanol–water partition coefficient (Wildman–Crippen LogP) is 5.62. The molecule has 1 amide bonds. The van der Waals surface area contributed by atoms with Gasteiger partial charge in [0, 0.05) is 16.3 Å². The molecule has 31 heavy (non-hydrogen) atoms. The molecule has 0 atom stereocenters. The van der Waals surface area contributed by atoms with Crippen molar-refractivity contribution in [2.24, 2.45) is 0 Å². The van der Waals surface area contributed by atoms with Crippen LogP contribution in [0.15, 0.2) is 65.6 Å². The number of fused-ring (bicyclic) bond motifs is 1. The van der Waals surface area contributed by atoms with Crippen molar-refractivity contribution in [3.8, 4) is 0 Å². The molecule has 6 nitrogen and oxygen atoms in total. The SMILES string of the molecule is Cc1ccc(S(=O)(=O)Nc2nc3c(C)cc(NC(=O)c4ccc(Cl)cc4)cc3s2)cc1. The summed E-state index contributed by atoms with van der Waals surface area (Å²) in [5.74, 6) is -0.264. The van der Waals surface area contributed by atoms with Gasteiger partial charge in [0.05, 0.1) is 15.1 Å². The molecule has 1 heterocycles. The van der Waals surface area contributed by atoms with E-state index in [0.717, 1.165) is 15.8 Å². The quantitative estimate of drug-likeness (QED) is 0.395. The first-order valence-corrected chi connectivity index (χ1v) is 12.0. The van der Waals surface area contributed by atoms with Crippen LogP contribution in [0.25, 0.3) is 10.2 Å². The van der Waals surface area contributed by atoms with Crippen LogP contribution in [0.2, 0.25) is 5.02 Å². The van der Waals surface area contributed by atoms with Crippen LogP contribution in [0, 0.1) is 13.8 Å². The summed E-state index contributed by atoms with van der Waals surface area (Å²) in [6.45, 7) is 3.75. The maximum Gasteiger partial charge on any atom is 0.263 e. The minimum Gasteiger partial charge on any atom is -0.322 e. The highest BCUT2D eigenvalue weighted by molar-refractivity contribution is 7.93. The fourth-order valence-electron chi connectivity index (χ4n) is 3.01. The Morgan fingerprint density at radius 2 is 1.68 bits per heavy atom. The van der Waals surface area contributed by atoms with Crippen molar-refractivity contribution >= 4 is 59.9 Å². The van der Waals surface area contributed by atoms with Crippen LogP contribution >= 0.6 is 22.9 Å². The minimum absolute atomic E-state index is 0.171. The molecular formula is C22H18ClN3O3S2. The Morgan fingerprint density at radius 3 is 2.35 bits per heavy atom. The normalized spacial score (nSPS) is 11.5. The van der Waals surface area contributed by atoms with E-state index < -0.39 is 10.0 Å². The van der Waals surface area contributed by atoms with Gasteiger partial charge in [0.25, 0.3) is 15.9 Å². The number of rotatable bonds is 5. The van der Waals surface area contributed by atoms with Crippen molar-refractivity contribution in [2.45, 2.75) is 18.7 Å². The second-order valence-corrected chi connectivity index (χ2v) is 10.2. The second-order valence-electron chi connectivity index (χ2n) is 7.04. The topological polar surface area (TPSA) is 88.2 Å². The highest BCUT2D eigenvalue weighted by Crippen LogP contribution is 2.32. The first-order chi connectivity index (χ1) is 14.7. The van der Waals surface area contributed by atoms with E-state index in [0.29, 0.717) is 21.8 Å². The van der Waals surface area contributed by atoms with Gasteiger partial charge in [-0.15, -0.1) is 0 Å². The zero-order chi connectivity index (χ0) is 22.2. The molecule has 0 aliphatic carbocycles. The summed E-state index contributed by atoms with van der Waals surface area (Å²) < 4.78 is 28.6. The van der Waals surface area contributed by atoms with E-state index in [-0.39, 0.29) is 15.9 Å². The number of nitrogens with zero attached hydrogens (tertiary/aromatic N) is 1. The Kier molecular flexibility index (Phi) is 5.70. The lowest BCUT2D eigenvalue weighted by Gasteiger charge is -2.07. The molecule has 2 N–H and O–H groups in total. The van der Waals surface area contributed by atoms with Crippen molar-refractivity contribution in [3.05, 3.63) is 82.4 Å². The van der Waals surface area contributed by atoms with E-state index in [9.17, 15) is 13.2 Å². The largest absolute Gasteiger partial charge is 0.322 e. The van der Waals surface area contributed by atoms with Crippen LogP contribution in [0.3, 0.4) is 0 Å². The molecule has 158 valence electrons. The zero-order valence-electron chi connectivity index (χ0n) is 16.6. The maximum atomic E-state index is 12.7. The van der Waals surface area contributed by atoms with Crippen molar-refractivity contribution in [1.29, 1.82) is 0 Å². The molecule has 9 heteroatoms. The third-order valence-corrected chi connectivity index (χ3v) is 7.26. The number of hydrogen-bond acceptors (Lipinski definition) is 5. The first kappa shape index (κ1) is 21.3. The Morgan fingerprint density at radius 1 is 1.00 bits per heavy atom. The number of benzene rings is 3. The summed E-state index contributed by atoms with van der Waals surface area (Å²) in [6.07, 6.45) is 0. The molecule has 0 spiro atoms. The van der Waals surface area contributed by atoms with Crippen LogP contribution in [0.1, 0.15) is 21.5 Å². The number of carbonyl (C=O) groups excluding carboxylic acids is 1. The molecule has 1 aromatic heterocycles. The highest BCUT2D eigenvalue weighted by atomic mass is 35.5. The molecule has 3 aromatic carbocycles. The predicted molar refractivity (Wildman–Crippen MR) is 126 cm³/mol. The number of halogens is 1. The van der Waals surface area contributed by atoms with Gasteiger partial charge in [0.15, 0.2) is 5.13 Å². The van der Waals surface area contributed by atoms with Crippen molar-refractivity contribution in [2.75, 3.05) is 10.0 Å². The second kappa shape index (κ2) is 8.30. The summed E-state index contributed by atoms with van der Waals surface area (Å²) in [5.41, 5.74) is 3.55. The van der Waals surface area contributed by atoms with E-state index in [1.807, 2.05) is 13.8 Å². The van der Waals surface area contributed by atoms with E-state index in [4.69, 9.17) is 11.6 Å². The molecular weight excluding hydrogens is 454 g/mol. The Balaban J connectivity index is 1.59. The lowest BCUT2D eigenvalue weighted by molar-refractivity contribution is 0.102. The van der Waals surface area contributed by atoms with Gasteiger partial charge in [-0.2, -0.15) is 0 Å². The molecule has 4 aromatic rings. The van der Waals surface area contributed by atoms with E-state index in [2.05, 4.69) is 15.0 Å². The molecule has 0 saturated heterocycles. The highest BCUT2D eigenvalue weighted by Gasteiger charge is 2.17. The molecule has 0 bridgehead atoms. The summed E-state index contributed by atoms with van der Waals surface area (Å²) in [5, 5.41) is 3.68. The number of carbonyl (C=O) groups is 1. The molecule has 0 aliphatic rings. The average Bonchev–Trinajstić information content (AvgIpc) is 3.11. The number of amides is 1. The number of aromatic nitrogens is 1. The van der Waals surface area contributed by atoms with Crippen LogP contribution in [0.5, 0.6) is 0 Å². The number of hydrogen-bond donors (Lipinski definition) is 2. The van der Waals surface area contributed by atoms with Gasteiger partial charge in [-0.05, 0) is 67.9 Å². The molecule has 0 fully saturated rings. The van der Waals surface area contributed by atoms with Crippen LogP contribution in [-0.4, -0.2) is 19.3 Å². The first-order valence-electron chi connectivity index (χ1n) is 9.29. The monoisotopic (exact) mass is 471 g/mol. The molecule has 4 rings (SSSR count). The fourth-order valence-corrected chi connectivity index (χ4v) is 5.35. The number of sulfonamides is 1. The maximum absolute atomic E-state index is 12.7. The minimum atomic E-state index is -3.74. The van der Waals surface area contributed by atoms with Gasteiger partial charge < -0.3 is 5.32 Å². The Hall–Kier alpha value is -2.94. The average molecular weight is 472 g/mol. The van der Waals surface area contributed by atoms with Crippen LogP contribution in [-0.2, 0) is 10.0 Å². The third kappa shape index (κ3) is 4.71. The van der Waals surface area contributed by atoms with Crippen molar-refractivity contribution in [1.82, 2.24) is 4.98 Å². The summed E-state index contributed by atoms with van der Waals surface area (Å²) in [6, 6.07) is 16.8. The smallest absolute Gasteiger partial charge is 0.263 e. The van der Waals surface area contributed by atoms with Gasteiger partial charge in [-0.1, -0.05) is 40.6 Å². The molecule has 0 radical (unpaired) electrons. The van der Waals surface area contributed by atoms with E-state index in [1.54, 1.807) is 60.7 Å². The molecule has 0 unspecified atom stereocenters. The van der Waals surface area contributed by atoms with Crippen molar-refractivity contribution in [3.63, 3.8) is 0 Å². The van der Waals surface area contributed by atoms with E-state index in [1.165, 1.54) is 11.3 Å². The fraction of sp³-hybridized carbons (Fsp3) is 0.0909. The number of anilines is 2. The zero-order valence-corrected chi connectivity index (χ0v) is 19.0. The van der Waals surface area contributed by atoms with Crippen LogP contribution in [0.4, 0.5) is 10.8 Å². The molecule has 0 aliphatic heterocycles. The molecule has 0 saturated carbocycles. The third-order valence-electron chi connectivity index (χ3n) is 4.60. The Labute approximate surface area is 189 Å². The van der Waals surface area contributed by atoms with Gasteiger partial charge in [0.1, 0.15) is 0 Å². The van der Waals surface area contributed by atoms with E-state index >= 15 is 0 Å².